The maximum absolute atomic E-state index is 13.1. The van der Waals surface area contributed by atoms with Gasteiger partial charge in [0.1, 0.15) is 6.07 Å². The predicted octanol–water partition coefficient (Wildman–Crippen LogP) is 3.06. The molecule has 0 fully saturated rings. The van der Waals surface area contributed by atoms with Gasteiger partial charge in [0.25, 0.3) is 11.8 Å². The Hall–Kier alpha value is -3.98. The first-order valence-corrected chi connectivity index (χ1v) is 9.65. The topological polar surface area (TPSA) is 126 Å². The highest BCUT2D eigenvalue weighted by Gasteiger charge is 2.32. The molecule has 1 unspecified atom stereocenters. The molecule has 0 spiro atoms. The van der Waals surface area contributed by atoms with E-state index in [0.29, 0.717) is 12.1 Å². The quantitative estimate of drug-likeness (QED) is 0.581. The third kappa shape index (κ3) is 5.27. The molecule has 2 aromatic heterocycles. The number of carbonyl (C=O) groups excluding carboxylic acids is 2. The molecule has 33 heavy (non-hydrogen) atoms. The number of hydrogen-bond donors (Lipinski definition) is 2. The van der Waals surface area contributed by atoms with E-state index in [2.05, 4.69) is 25.7 Å². The molecule has 2 heterocycles. The van der Waals surface area contributed by atoms with Gasteiger partial charge in [0.05, 0.1) is 17.2 Å². The van der Waals surface area contributed by atoms with Gasteiger partial charge in [-0.3, -0.25) is 9.59 Å². The Bertz CT molecular complexity index is 1250. The van der Waals surface area contributed by atoms with Crippen molar-refractivity contribution in [1.29, 1.82) is 5.26 Å². The standard InChI is InChI=1S/C20H15ClF3N7O2/c1-10(28-18(32)12-5-13(20(22,23)24)7-14(21)6-12)17-29-16(19(33)26-2)30-31(17)15-4-3-11(8-25)9-27-15/h3-7,9-10H,1-2H3,(H,26,33)(H,28,32). The van der Waals surface area contributed by atoms with Gasteiger partial charge in [-0.05, 0) is 37.3 Å². The average Bonchev–Trinajstić information content (AvgIpc) is 3.23. The zero-order valence-electron chi connectivity index (χ0n) is 17.1. The summed E-state index contributed by atoms with van der Waals surface area (Å²) in [6, 6.07) is 6.44. The molecule has 170 valence electrons. The average molecular weight is 478 g/mol. The number of nitrogens with one attached hydrogen (secondary N) is 2. The van der Waals surface area contributed by atoms with Crippen molar-refractivity contribution < 1.29 is 22.8 Å². The minimum atomic E-state index is -4.69. The normalized spacial score (nSPS) is 12.0. The van der Waals surface area contributed by atoms with E-state index in [1.807, 2.05) is 6.07 Å². The Morgan fingerprint density at radius 3 is 2.52 bits per heavy atom. The van der Waals surface area contributed by atoms with Crippen LogP contribution >= 0.6 is 11.6 Å². The lowest BCUT2D eigenvalue weighted by Crippen LogP contribution is -2.29. The zero-order valence-corrected chi connectivity index (χ0v) is 17.9. The van der Waals surface area contributed by atoms with E-state index < -0.39 is 29.6 Å². The number of nitriles is 1. The number of aromatic nitrogens is 4. The van der Waals surface area contributed by atoms with Crippen molar-refractivity contribution >= 4 is 23.4 Å². The van der Waals surface area contributed by atoms with Crippen LogP contribution in [0.25, 0.3) is 5.82 Å². The number of pyridine rings is 1. The molecule has 1 atom stereocenters. The summed E-state index contributed by atoms with van der Waals surface area (Å²) in [6.07, 6.45) is -3.40. The largest absolute Gasteiger partial charge is 0.416 e. The van der Waals surface area contributed by atoms with Crippen molar-refractivity contribution in [1.82, 2.24) is 30.4 Å². The van der Waals surface area contributed by atoms with Crippen molar-refractivity contribution in [2.45, 2.75) is 19.1 Å². The number of halogens is 4. The molecule has 13 heteroatoms. The van der Waals surface area contributed by atoms with E-state index in [9.17, 15) is 22.8 Å². The Balaban J connectivity index is 1.96. The number of nitrogens with zero attached hydrogens (tertiary/aromatic N) is 5. The lowest BCUT2D eigenvalue weighted by Gasteiger charge is -2.15. The molecule has 1 aromatic carbocycles. The summed E-state index contributed by atoms with van der Waals surface area (Å²) >= 11 is 5.76. The third-order valence-electron chi connectivity index (χ3n) is 4.38. The van der Waals surface area contributed by atoms with Gasteiger partial charge in [0.2, 0.25) is 5.82 Å². The molecular weight excluding hydrogens is 463 g/mol. The molecular formula is C20H15ClF3N7O2. The number of carbonyl (C=O) groups is 2. The zero-order chi connectivity index (χ0) is 24.3. The second-order valence-electron chi connectivity index (χ2n) is 6.72. The molecule has 3 aromatic rings. The van der Waals surface area contributed by atoms with Gasteiger partial charge in [-0.25, -0.2) is 9.97 Å². The van der Waals surface area contributed by atoms with Crippen molar-refractivity contribution in [2.75, 3.05) is 7.05 Å². The van der Waals surface area contributed by atoms with Crippen LogP contribution in [0.1, 0.15) is 50.9 Å². The molecule has 2 N–H and O–H groups in total. The number of alkyl halides is 3. The maximum Gasteiger partial charge on any atom is 0.416 e. The van der Waals surface area contributed by atoms with Crippen molar-refractivity contribution in [3.63, 3.8) is 0 Å². The van der Waals surface area contributed by atoms with Gasteiger partial charge in [0.15, 0.2) is 11.6 Å². The SMILES string of the molecule is CNC(=O)c1nc(C(C)NC(=O)c2cc(Cl)cc(C(F)(F)F)c2)n(-c2ccc(C#N)cn2)n1. The summed E-state index contributed by atoms with van der Waals surface area (Å²) in [5.41, 5.74) is -1.09. The van der Waals surface area contributed by atoms with Crippen LogP contribution in [0.5, 0.6) is 0 Å². The minimum Gasteiger partial charge on any atom is -0.352 e. The van der Waals surface area contributed by atoms with Crippen molar-refractivity contribution in [2.24, 2.45) is 0 Å². The number of rotatable bonds is 5. The van der Waals surface area contributed by atoms with Gasteiger partial charge < -0.3 is 10.6 Å². The number of amides is 2. The van der Waals surface area contributed by atoms with Gasteiger partial charge in [-0.1, -0.05) is 11.6 Å². The van der Waals surface area contributed by atoms with E-state index in [4.69, 9.17) is 16.9 Å². The lowest BCUT2D eigenvalue weighted by molar-refractivity contribution is -0.137. The summed E-state index contributed by atoms with van der Waals surface area (Å²) in [6.45, 7) is 1.50. The molecule has 0 bridgehead atoms. The van der Waals surface area contributed by atoms with Crippen LogP contribution < -0.4 is 10.6 Å². The molecule has 0 aliphatic rings. The van der Waals surface area contributed by atoms with Crippen LogP contribution in [0.15, 0.2) is 36.5 Å². The summed E-state index contributed by atoms with van der Waals surface area (Å²) in [4.78, 5) is 32.9. The van der Waals surface area contributed by atoms with E-state index in [0.717, 1.165) is 6.07 Å². The first-order chi connectivity index (χ1) is 15.5. The molecule has 0 aliphatic carbocycles. The maximum atomic E-state index is 13.1. The fourth-order valence-corrected chi connectivity index (χ4v) is 3.02. The van der Waals surface area contributed by atoms with Gasteiger partial charge in [-0.2, -0.15) is 23.1 Å². The lowest BCUT2D eigenvalue weighted by atomic mass is 10.1. The van der Waals surface area contributed by atoms with E-state index in [1.54, 1.807) is 0 Å². The van der Waals surface area contributed by atoms with Crippen LogP contribution in [0.4, 0.5) is 13.2 Å². The molecule has 2 amide bonds. The monoisotopic (exact) mass is 477 g/mol. The number of benzene rings is 1. The summed E-state index contributed by atoms with van der Waals surface area (Å²) in [5, 5.41) is 17.7. The first kappa shape index (κ1) is 23.7. The molecule has 0 saturated carbocycles. The highest BCUT2D eigenvalue weighted by molar-refractivity contribution is 6.31. The van der Waals surface area contributed by atoms with Crippen LogP contribution in [0, 0.1) is 11.3 Å². The Labute approximate surface area is 190 Å². The van der Waals surface area contributed by atoms with Crippen LogP contribution in [0.2, 0.25) is 5.02 Å². The highest BCUT2D eigenvalue weighted by Crippen LogP contribution is 2.32. The second-order valence-corrected chi connectivity index (χ2v) is 7.16. The van der Waals surface area contributed by atoms with Crippen molar-refractivity contribution in [3.05, 3.63) is 69.9 Å². The Morgan fingerprint density at radius 2 is 1.94 bits per heavy atom. The van der Waals surface area contributed by atoms with Gasteiger partial charge in [0, 0.05) is 23.8 Å². The highest BCUT2D eigenvalue weighted by atomic mass is 35.5. The van der Waals surface area contributed by atoms with Crippen LogP contribution in [0.3, 0.4) is 0 Å². The third-order valence-corrected chi connectivity index (χ3v) is 4.60. The molecule has 0 aliphatic heterocycles. The van der Waals surface area contributed by atoms with Gasteiger partial charge in [-0.15, -0.1) is 5.10 Å². The molecule has 3 rings (SSSR count). The molecule has 9 nitrogen and oxygen atoms in total. The second kappa shape index (κ2) is 9.25. The van der Waals surface area contributed by atoms with Crippen LogP contribution in [-0.4, -0.2) is 38.6 Å². The smallest absolute Gasteiger partial charge is 0.352 e. The fraction of sp³-hybridized carbons (Fsp3) is 0.200. The fourth-order valence-electron chi connectivity index (χ4n) is 2.79. The van der Waals surface area contributed by atoms with Gasteiger partial charge >= 0.3 is 6.18 Å². The summed E-state index contributed by atoms with van der Waals surface area (Å²) < 4.78 is 40.4. The summed E-state index contributed by atoms with van der Waals surface area (Å²) in [5.74, 6) is -1.39. The molecule has 0 radical (unpaired) electrons. The Kier molecular flexibility index (Phi) is 6.64. The van der Waals surface area contributed by atoms with E-state index >= 15 is 0 Å². The van der Waals surface area contributed by atoms with Crippen molar-refractivity contribution in [3.8, 4) is 11.9 Å². The van der Waals surface area contributed by atoms with E-state index in [1.165, 1.54) is 37.0 Å². The van der Waals surface area contributed by atoms with Crippen LogP contribution in [-0.2, 0) is 6.18 Å². The number of hydrogen-bond acceptors (Lipinski definition) is 6. The Morgan fingerprint density at radius 1 is 1.21 bits per heavy atom. The van der Waals surface area contributed by atoms with E-state index in [-0.39, 0.29) is 33.6 Å². The first-order valence-electron chi connectivity index (χ1n) is 9.27. The molecule has 0 saturated heterocycles. The predicted molar refractivity (Wildman–Crippen MR) is 110 cm³/mol. The summed E-state index contributed by atoms with van der Waals surface area (Å²) in [7, 11) is 1.38. The minimum absolute atomic E-state index is 0.0808.